The molecular weight excluding hydrogens is 397 g/mol. The molecule has 21 heavy (non-hydrogen) atoms. The normalized spacial score (nSPS) is 14.8. The molecule has 124 valence electrons. The second-order valence-corrected chi connectivity index (χ2v) is 5.27. The first-order valence-corrected chi connectivity index (χ1v) is 6.89. The molecule has 0 radical (unpaired) electrons. The molecule has 0 unspecified atom stereocenters. The van der Waals surface area contributed by atoms with Crippen molar-refractivity contribution in [3.8, 4) is 0 Å². The van der Waals surface area contributed by atoms with E-state index >= 15 is 0 Å². The van der Waals surface area contributed by atoms with Gasteiger partial charge in [-0.1, -0.05) is 0 Å². The fraction of sp³-hybridized carbons (Fsp3) is 1.00. The van der Waals surface area contributed by atoms with Crippen LogP contribution >= 0.6 is 0 Å². The van der Waals surface area contributed by atoms with Crippen LogP contribution in [0.2, 0.25) is 0 Å². The molecule has 2 nitrogen and oxygen atoms in total. The molecule has 0 fully saturated rings. The number of rotatable bonds is 4. The van der Waals surface area contributed by atoms with Crippen molar-refractivity contribution in [1.29, 1.82) is 0 Å². The van der Waals surface area contributed by atoms with Crippen molar-refractivity contribution in [3.63, 3.8) is 0 Å². The summed E-state index contributed by atoms with van der Waals surface area (Å²) in [4.78, 5) is 0. The molecule has 0 aliphatic rings. The van der Waals surface area contributed by atoms with Gasteiger partial charge in [0.05, 0.1) is 0 Å². The quantitative estimate of drug-likeness (QED) is 0.527. The van der Waals surface area contributed by atoms with Crippen molar-refractivity contribution in [2.75, 3.05) is 0 Å². The maximum atomic E-state index is 11.9. The molecule has 0 bridgehead atoms. The number of halogens is 12. The van der Waals surface area contributed by atoms with E-state index in [1.54, 1.807) is 0 Å². The molecule has 0 saturated heterocycles. The molecule has 0 aromatic rings. The van der Waals surface area contributed by atoms with Crippen LogP contribution in [0.3, 0.4) is 0 Å². The summed E-state index contributed by atoms with van der Waals surface area (Å²) in [6, 6.07) is 0. The van der Waals surface area contributed by atoms with Crippen LogP contribution in [0.4, 0.5) is 52.7 Å². The summed E-state index contributed by atoms with van der Waals surface area (Å²) in [5.74, 6) is 0. The van der Waals surface area contributed by atoms with E-state index in [9.17, 15) is 52.7 Å². The SMILES string of the molecule is FC(F)(F)C([O][Zn][O]C(C(F)(F)F)C(F)(F)F)C(F)(F)F. The van der Waals surface area contributed by atoms with Gasteiger partial charge >= 0.3 is 115 Å². The van der Waals surface area contributed by atoms with Gasteiger partial charge in [0.25, 0.3) is 0 Å². The first-order valence-electron chi connectivity index (χ1n) is 4.47. The molecule has 0 saturated carbocycles. The summed E-state index contributed by atoms with van der Waals surface area (Å²) in [6.07, 6.45) is -33.2. The molecule has 15 heteroatoms. The summed E-state index contributed by atoms with van der Waals surface area (Å²) in [6.45, 7) is 0. The molecule has 0 aliphatic heterocycles. The summed E-state index contributed by atoms with van der Waals surface area (Å²) in [5, 5.41) is 0. The molecule has 0 rings (SSSR count). The molecule has 0 aromatic heterocycles. The van der Waals surface area contributed by atoms with E-state index in [-0.39, 0.29) is 0 Å². The van der Waals surface area contributed by atoms with Gasteiger partial charge in [-0.05, 0) is 0 Å². The van der Waals surface area contributed by atoms with Crippen LogP contribution in [0.1, 0.15) is 0 Å². The van der Waals surface area contributed by atoms with Crippen LogP contribution in [0.15, 0.2) is 0 Å². The van der Waals surface area contributed by atoms with Crippen LogP contribution in [0.5, 0.6) is 0 Å². The Morgan fingerprint density at radius 1 is 0.476 bits per heavy atom. The summed E-state index contributed by atoms with van der Waals surface area (Å²) < 4.78 is 149. The summed E-state index contributed by atoms with van der Waals surface area (Å²) in [5.41, 5.74) is 0. The predicted molar refractivity (Wildman–Crippen MR) is 34.0 cm³/mol. The standard InChI is InChI=1S/2C3HF6O.Zn/c2*4-2(5,6)1(10)3(7,8)9;/h2*1H;/q2*-1;+2. The van der Waals surface area contributed by atoms with Gasteiger partial charge in [-0.25, -0.2) is 0 Å². The Balaban J connectivity index is 4.84. The Kier molecular flexibility index (Phi) is 6.35. The molecule has 0 spiro atoms. The van der Waals surface area contributed by atoms with Crippen LogP contribution < -0.4 is 0 Å². The van der Waals surface area contributed by atoms with Crippen molar-refractivity contribution in [2.45, 2.75) is 36.9 Å². The number of alkyl halides is 12. The first kappa shape index (κ1) is 20.7. The van der Waals surface area contributed by atoms with E-state index < -0.39 is 54.8 Å². The Bertz CT molecular complexity index is 267. The van der Waals surface area contributed by atoms with E-state index in [1.807, 2.05) is 0 Å². The van der Waals surface area contributed by atoms with E-state index in [0.717, 1.165) is 0 Å². The van der Waals surface area contributed by atoms with Crippen LogP contribution in [-0.4, -0.2) is 36.9 Å². The Hall–Kier alpha value is -0.297. The van der Waals surface area contributed by atoms with Gasteiger partial charge in [-0.3, -0.25) is 0 Å². The molecule has 0 heterocycles. The van der Waals surface area contributed by atoms with E-state index in [4.69, 9.17) is 0 Å². The van der Waals surface area contributed by atoms with E-state index in [0.29, 0.717) is 0 Å². The molecule has 0 N–H and O–H groups in total. The Morgan fingerprint density at radius 2 is 0.667 bits per heavy atom. The second kappa shape index (κ2) is 6.44. The van der Waals surface area contributed by atoms with Gasteiger partial charge in [0.15, 0.2) is 0 Å². The van der Waals surface area contributed by atoms with Gasteiger partial charge in [0.1, 0.15) is 0 Å². The van der Waals surface area contributed by atoms with Crippen molar-refractivity contribution < 1.29 is 77.7 Å². The van der Waals surface area contributed by atoms with Crippen LogP contribution in [0, 0.1) is 0 Å². The number of hydrogen-bond donors (Lipinski definition) is 0. The molecule has 0 aromatic carbocycles. The Labute approximate surface area is 115 Å². The fourth-order valence-corrected chi connectivity index (χ4v) is 3.25. The van der Waals surface area contributed by atoms with Crippen molar-refractivity contribution in [3.05, 3.63) is 0 Å². The third kappa shape index (κ3) is 7.00. The third-order valence-electron chi connectivity index (χ3n) is 1.66. The van der Waals surface area contributed by atoms with E-state index in [2.05, 4.69) is 7.13 Å². The van der Waals surface area contributed by atoms with Gasteiger partial charge < -0.3 is 0 Å². The first-order chi connectivity index (χ1) is 8.97. The second-order valence-electron chi connectivity index (χ2n) is 3.38. The predicted octanol–water partition coefficient (Wildman–Crippen LogP) is 3.92. The fourth-order valence-electron chi connectivity index (χ4n) is 0.924. The number of hydrogen-bond acceptors (Lipinski definition) is 2. The zero-order valence-electron chi connectivity index (χ0n) is 9.21. The van der Waals surface area contributed by atoms with Crippen molar-refractivity contribution >= 4 is 0 Å². The zero-order valence-corrected chi connectivity index (χ0v) is 12.2. The average Bonchev–Trinajstić information content (AvgIpc) is 2.07. The average molecular weight is 399 g/mol. The topological polar surface area (TPSA) is 18.5 Å². The van der Waals surface area contributed by atoms with Gasteiger partial charge in [0.2, 0.25) is 0 Å². The maximum absolute atomic E-state index is 11.9. The van der Waals surface area contributed by atoms with Gasteiger partial charge in [-0.2, -0.15) is 0 Å². The van der Waals surface area contributed by atoms with Crippen molar-refractivity contribution in [2.24, 2.45) is 0 Å². The minimum atomic E-state index is -6.04. The monoisotopic (exact) mass is 398 g/mol. The minimum absolute atomic E-state index is 3.11. The van der Waals surface area contributed by atoms with Gasteiger partial charge in [-0.15, -0.1) is 0 Å². The van der Waals surface area contributed by atoms with Crippen molar-refractivity contribution in [1.82, 2.24) is 0 Å². The zero-order chi connectivity index (χ0) is 17.3. The summed E-state index contributed by atoms with van der Waals surface area (Å²) in [7, 11) is 0. The van der Waals surface area contributed by atoms with Gasteiger partial charge in [0, 0.05) is 0 Å². The molecule has 0 aliphatic carbocycles. The third-order valence-corrected chi connectivity index (χ3v) is 3.63. The Morgan fingerprint density at radius 3 is 0.810 bits per heavy atom. The molecular formula is C6H2F12O2Zn. The molecule has 0 atom stereocenters. The van der Waals surface area contributed by atoms with Crippen LogP contribution in [0.25, 0.3) is 0 Å². The molecule has 0 amide bonds. The summed E-state index contributed by atoms with van der Waals surface area (Å²) >= 11 is -4.36. The van der Waals surface area contributed by atoms with Crippen LogP contribution in [-0.2, 0) is 25.0 Å². The van der Waals surface area contributed by atoms with E-state index in [1.165, 1.54) is 0 Å².